The van der Waals surface area contributed by atoms with Gasteiger partial charge in [-0.05, 0) is 55.3 Å². The van der Waals surface area contributed by atoms with Crippen LogP contribution in [0.4, 0.5) is 80.3 Å². The number of piperazine rings is 2. The third-order valence-electron chi connectivity index (χ3n) is 20.4. The van der Waals surface area contributed by atoms with E-state index in [2.05, 4.69) is 85.1 Å². The van der Waals surface area contributed by atoms with Crippen molar-refractivity contribution in [1.29, 1.82) is 0 Å². The molecule has 692 valence electrons. The van der Waals surface area contributed by atoms with E-state index in [1.54, 1.807) is 60.0 Å². The number of aliphatic hydroxyl groups excluding tert-OH is 2. The predicted octanol–water partition coefficient (Wildman–Crippen LogP) is 10.3. The average molecular weight is 1920 g/mol. The van der Waals surface area contributed by atoms with Gasteiger partial charge in [0.15, 0.2) is 41.0 Å². The molecular formula is C76H79Cl4F13N26O9S. The summed E-state index contributed by atoms with van der Waals surface area (Å²) in [4.78, 5) is 133. The molecule has 4 fully saturated rings. The van der Waals surface area contributed by atoms with E-state index >= 15 is 0 Å². The Morgan fingerprint density at radius 3 is 1.26 bits per heavy atom. The monoisotopic (exact) mass is 1920 g/mol. The molecule has 12 aromatic heterocycles. The molecule has 2 unspecified atom stereocenters. The summed E-state index contributed by atoms with van der Waals surface area (Å²) in [5.74, 6) is -2.59. The first-order valence-electron chi connectivity index (χ1n) is 38.5. The number of β-amino-alcohol motifs (C(OH)–C–C–N with tert-alkyl or cyclic N) is 1. The molecule has 0 saturated carbocycles. The molecule has 12 aromatic rings. The van der Waals surface area contributed by atoms with Crippen LogP contribution in [0.3, 0.4) is 0 Å². The summed E-state index contributed by atoms with van der Waals surface area (Å²) in [5.41, 5.74) is 4.61. The first kappa shape index (κ1) is 94.3. The van der Waals surface area contributed by atoms with Gasteiger partial charge in [-0.25, -0.2) is 72.6 Å². The molecule has 53 heteroatoms. The minimum Gasteiger partial charge on any atom is -0.391 e. The molecule has 10 N–H and O–H groups in total. The van der Waals surface area contributed by atoms with Crippen molar-refractivity contribution in [3.63, 3.8) is 0 Å². The minimum absolute atomic E-state index is 0. The number of H-pyrrole nitrogens is 4. The van der Waals surface area contributed by atoms with E-state index in [1.165, 1.54) is 82.0 Å². The van der Waals surface area contributed by atoms with E-state index in [-0.39, 0.29) is 87.1 Å². The largest absolute Gasteiger partial charge is 0.416 e. The maximum absolute atomic E-state index is 14.6. The number of carbonyl (C=O) groups is 5. The molecule has 0 aliphatic carbocycles. The number of alkyl halides is 12. The molecule has 0 aromatic carbocycles. The van der Waals surface area contributed by atoms with Crippen LogP contribution in [0.15, 0.2) is 117 Å². The Labute approximate surface area is 745 Å². The Morgan fingerprint density at radius 2 is 0.868 bits per heavy atom. The highest BCUT2D eigenvalue weighted by Gasteiger charge is 2.44. The number of sulfonamides is 1. The van der Waals surface area contributed by atoms with Crippen molar-refractivity contribution in [1.82, 2.24) is 110 Å². The molecule has 4 aliphatic rings. The third kappa shape index (κ3) is 23.2. The number of nitrogens with one attached hydrogen (secondary N) is 8. The zero-order chi connectivity index (χ0) is 92.9. The number of pyridine rings is 4. The van der Waals surface area contributed by atoms with Crippen molar-refractivity contribution in [2.75, 3.05) is 104 Å². The fourth-order valence-corrected chi connectivity index (χ4v) is 15.8. The van der Waals surface area contributed by atoms with Gasteiger partial charge in [-0.3, -0.25) is 24.0 Å². The quantitative estimate of drug-likeness (QED) is 0.0357. The van der Waals surface area contributed by atoms with Crippen LogP contribution < -0.4 is 40.9 Å². The van der Waals surface area contributed by atoms with Gasteiger partial charge in [-0.15, -0.1) is 0 Å². The van der Waals surface area contributed by atoms with E-state index < -0.39 is 127 Å². The molecule has 0 spiro atoms. The van der Waals surface area contributed by atoms with Crippen LogP contribution in [-0.2, 0) is 34.0 Å². The molecule has 0 bridgehead atoms. The lowest BCUT2D eigenvalue weighted by Crippen LogP contribution is -2.60. The van der Waals surface area contributed by atoms with Gasteiger partial charge in [0.2, 0.25) is 39.6 Å². The van der Waals surface area contributed by atoms with Crippen LogP contribution in [0.2, 0.25) is 20.1 Å². The molecule has 4 saturated heterocycles. The molecule has 129 heavy (non-hydrogen) atoms. The Morgan fingerprint density at radius 1 is 0.488 bits per heavy atom. The van der Waals surface area contributed by atoms with Crippen LogP contribution in [0.25, 0.3) is 89.7 Å². The van der Waals surface area contributed by atoms with Gasteiger partial charge < -0.3 is 75.9 Å². The van der Waals surface area contributed by atoms with Gasteiger partial charge in [0.1, 0.15) is 83.8 Å². The second-order valence-electron chi connectivity index (χ2n) is 29.3. The number of carbonyl (C=O) groups excluding carboxylic acids is 5. The average Bonchev–Trinajstić information content (AvgIpc) is 1.75. The fraction of sp³-hybridized carbons (Fsp3) is 0.355. The van der Waals surface area contributed by atoms with Crippen molar-refractivity contribution in [3.05, 3.63) is 143 Å². The Bertz CT molecular complexity index is 6280. The van der Waals surface area contributed by atoms with E-state index in [4.69, 9.17) is 51.5 Å². The number of hydrogen-bond acceptors (Lipinski definition) is 25. The van der Waals surface area contributed by atoms with Crippen LogP contribution in [-0.4, -0.2) is 283 Å². The van der Waals surface area contributed by atoms with Crippen molar-refractivity contribution in [2.24, 2.45) is 0 Å². The summed E-state index contributed by atoms with van der Waals surface area (Å²) in [7, 11) is -3.67. The first-order chi connectivity index (χ1) is 60.9. The van der Waals surface area contributed by atoms with Crippen molar-refractivity contribution in [3.8, 4) is 45.6 Å². The summed E-state index contributed by atoms with van der Waals surface area (Å²) >= 11 is 24.1. The highest BCUT2D eigenvalue weighted by molar-refractivity contribution is 7.88. The summed E-state index contributed by atoms with van der Waals surface area (Å²) in [5, 5.41) is 31.1. The smallest absolute Gasteiger partial charge is 0.391 e. The SMILES string of the molecule is CC(=O)N1CCN(c2ccnc(-c3c[nH]c4ncc(Cl)cc34)n2)[C@H](C(=O)NCC(F)(F)F)C1.CS(=O)(=O)N1CCN(c2ccnc(-c3c[nH]c4ncc(Cl)cc34)n2)[C@H](C(=O)NCC(F)(F)F)C1.O=C(NCC(F)(F)F)[C@H]1CC(O)CN1c1ccnc(-c2c[nH]c3ncc(Cl)cc23)n1.O=C(NCC(O)C(F)(F)F)[C@H]1CCCN1c1nc(-c2c[nH]c3ncc(Cl)cc23)ncc1F.[HH].[HH].[HH].[HH]. The Hall–Kier alpha value is -12.3. The summed E-state index contributed by atoms with van der Waals surface area (Å²) in [6, 6.07) is 7.16. The summed E-state index contributed by atoms with van der Waals surface area (Å²) in [6.45, 7) is -3.57. The maximum Gasteiger partial charge on any atom is 0.416 e. The Kier molecular flexibility index (Phi) is 28.5. The molecular weight excluding hydrogens is 1840 g/mol. The summed E-state index contributed by atoms with van der Waals surface area (Å²) < 4.78 is 190. The van der Waals surface area contributed by atoms with Crippen LogP contribution >= 0.6 is 46.4 Å². The van der Waals surface area contributed by atoms with Gasteiger partial charge in [0, 0.05) is 177 Å². The molecule has 16 rings (SSSR count). The standard InChI is InChI=1S/C20H19ClF3N7O2.C19H17ClF4N6O2.C19H19ClF3N7O3S.C18H16ClF3N6O2.4H2/c1-11(32)30-4-5-31(15(9-30)19(33)28-10-20(22,23)24)16-2-3-25-18(29-16)14-8-27-17-13(14)6-12(21)7-26-17;20-9-4-10-11(6-26-15(10)25-5-9)16-27-7-12(21)17(29-16)30-3-1-2-13(30)18(32)28-8-14(31)19(22,23)24;1-34(32,33)29-4-5-30(14(9-29)18(31)27-10-19(21,22)23)15-2-3-24-17(28-15)13-8-26-16-12(13)6-11(20)7-25-16;19-9-3-11-12(6-25-15(11)24-5-9)16-23-2-1-14(27-16)28-7-10(29)4-13(28)17(30)26-8-18(20,21)22;;;;/h2-3,6-8,15H,4-5,9-10H2,1H3,(H,26,27)(H,28,33);4-7,13-14,31H,1-3,8H2,(H,25,26)(H,28,32);2-3,6-8,14H,4-5,9-10H2,1H3,(H,25,26)(H,27,31);1-3,5-6,10,13,29H,4,7-8H2,(H,24,25)(H,26,30);4*1H/t15-;13-,14?;14-;10?,13-;;;;/m0101..../s1. The predicted molar refractivity (Wildman–Crippen MR) is 452 cm³/mol. The van der Waals surface area contributed by atoms with Gasteiger partial charge in [0.25, 0.3) is 0 Å². The zero-order valence-corrected chi connectivity index (χ0v) is 70.5. The second kappa shape index (κ2) is 39.0. The molecule has 4 aliphatic heterocycles. The number of aromatic amines is 4. The number of fused-ring (bicyclic) bond motifs is 4. The van der Waals surface area contributed by atoms with Crippen molar-refractivity contribution >= 4 is 153 Å². The number of nitrogens with zero attached hydrogens (tertiary/aromatic N) is 18. The highest BCUT2D eigenvalue weighted by Crippen LogP contribution is 2.37. The number of amides is 5. The molecule has 0 radical (unpaired) electrons. The fourth-order valence-electron chi connectivity index (χ4n) is 14.3. The lowest BCUT2D eigenvalue weighted by Gasteiger charge is -2.40. The number of aliphatic hydroxyl groups is 2. The lowest BCUT2D eigenvalue weighted by molar-refractivity contribution is -0.201. The number of aromatic nitrogens is 16. The van der Waals surface area contributed by atoms with E-state index in [0.717, 1.165) is 16.8 Å². The molecule has 35 nitrogen and oxygen atoms in total. The third-order valence-corrected chi connectivity index (χ3v) is 22.5. The number of rotatable bonds is 18. The van der Waals surface area contributed by atoms with Gasteiger partial charge in [0.05, 0.1) is 51.7 Å². The lowest BCUT2D eigenvalue weighted by atomic mass is 10.1. The first-order valence-corrected chi connectivity index (χ1v) is 41.8. The van der Waals surface area contributed by atoms with Gasteiger partial charge >= 0.3 is 24.7 Å². The Balaban J connectivity index is 0.000000197. The molecule has 16 heterocycles. The van der Waals surface area contributed by atoms with Crippen LogP contribution in [0, 0.1) is 5.82 Å². The van der Waals surface area contributed by atoms with Gasteiger partial charge in [-0.2, -0.15) is 57.0 Å². The topological polar surface area (TPSA) is 445 Å². The number of hydrogen-bond donors (Lipinski definition) is 10. The van der Waals surface area contributed by atoms with Crippen molar-refractivity contribution < 1.29 is 105 Å². The van der Waals surface area contributed by atoms with E-state index in [1.807, 2.05) is 16.0 Å². The minimum atomic E-state index is -4.85. The number of halogens is 17. The number of anilines is 4. The van der Waals surface area contributed by atoms with Crippen LogP contribution in [0.1, 0.15) is 31.9 Å². The zero-order valence-electron chi connectivity index (χ0n) is 66.7. The van der Waals surface area contributed by atoms with Crippen molar-refractivity contribution in [2.45, 2.75) is 87.3 Å². The van der Waals surface area contributed by atoms with E-state index in [0.29, 0.717) is 129 Å². The van der Waals surface area contributed by atoms with Gasteiger partial charge in [-0.1, -0.05) is 46.4 Å². The summed E-state index contributed by atoms with van der Waals surface area (Å²) in [6.07, 6.45) is -2.43. The second-order valence-corrected chi connectivity index (χ2v) is 33.0. The van der Waals surface area contributed by atoms with Crippen LogP contribution in [0.5, 0.6) is 0 Å². The van der Waals surface area contributed by atoms with E-state index in [9.17, 15) is 94.6 Å². The normalized spacial score (nSPS) is 17.9. The molecule has 6 atom stereocenters. The maximum atomic E-state index is 14.6. The molecule has 5 amide bonds. The highest BCUT2D eigenvalue weighted by atomic mass is 35.5.